The van der Waals surface area contributed by atoms with E-state index in [0.29, 0.717) is 44.1 Å². The minimum Gasteiger partial charge on any atom is -0.507 e. The molecule has 1 amide bonds. The second-order valence-corrected chi connectivity index (χ2v) is 6.52. The van der Waals surface area contributed by atoms with Crippen LogP contribution in [0.1, 0.15) is 19.0 Å². The van der Waals surface area contributed by atoms with Crippen molar-refractivity contribution in [1.29, 1.82) is 0 Å². The lowest BCUT2D eigenvalue weighted by atomic mass is 10.2. The number of hydrogen-bond acceptors (Lipinski definition) is 6. The maximum atomic E-state index is 12.2. The number of aromatic nitrogens is 2. The Bertz CT molecular complexity index is 789. The van der Waals surface area contributed by atoms with Crippen LogP contribution in [0.5, 0.6) is 5.75 Å². The average molecular weight is 370 g/mol. The van der Waals surface area contributed by atoms with Crippen molar-refractivity contribution in [2.75, 3.05) is 44.3 Å². The van der Waals surface area contributed by atoms with Gasteiger partial charge in [0.15, 0.2) is 5.82 Å². The van der Waals surface area contributed by atoms with Crippen LogP contribution in [0.4, 0.5) is 5.82 Å². The number of carbonyl (C=O) groups is 1. The van der Waals surface area contributed by atoms with Gasteiger partial charge in [-0.2, -0.15) is 0 Å². The summed E-state index contributed by atoms with van der Waals surface area (Å²) in [6.45, 7) is 7.73. The minimum absolute atomic E-state index is 0.136. The molecule has 1 fully saturated rings. The molecule has 0 aliphatic carbocycles. The largest absolute Gasteiger partial charge is 0.507 e. The van der Waals surface area contributed by atoms with E-state index in [-0.39, 0.29) is 11.7 Å². The zero-order valence-corrected chi connectivity index (χ0v) is 15.9. The number of para-hydroxylation sites is 1. The van der Waals surface area contributed by atoms with Gasteiger partial charge in [0.05, 0.1) is 18.6 Å². The van der Waals surface area contributed by atoms with Crippen molar-refractivity contribution in [2.24, 2.45) is 0 Å². The minimum atomic E-state index is 0.136. The summed E-state index contributed by atoms with van der Waals surface area (Å²) in [5, 5.41) is 10.1. The molecular formula is C20H26N4O3. The number of anilines is 1. The fraction of sp³-hybridized carbons (Fsp3) is 0.450. The number of aromatic hydroxyl groups is 1. The number of rotatable bonds is 6. The molecule has 0 bridgehead atoms. The number of benzene rings is 1. The normalized spacial score (nSPS) is 14.4. The summed E-state index contributed by atoms with van der Waals surface area (Å²) < 4.78 is 5.27. The lowest BCUT2D eigenvalue weighted by Crippen LogP contribution is -2.49. The fourth-order valence-electron chi connectivity index (χ4n) is 3.14. The van der Waals surface area contributed by atoms with Crippen LogP contribution >= 0.6 is 0 Å². The van der Waals surface area contributed by atoms with Crippen molar-refractivity contribution < 1.29 is 14.6 Å². The van der Waals surface area contributed by atoms with Gasteiger partial charge in [-0.25, -0.2) is 9.97 Å². The Balaban J connectivity index is 1.68. The molecule has 27 heavy (non-hydrogen) atoms. The number of piperazine rings is 1. The third kappa shape index (κ3) is 4.74. The van der Waals surface area contributed by atoms with Gasteiger partial charge in [0.1, 0.15) is 11.6 Å². The molecule has 7 heteroatoms. The van der Waals surface area contributed by atoms with Gasteiger partial charge in [-0.15, -0.1) is 0 Å². The van der Waals surface area contributed by atoms with Crippen molar-refractivity contribution in [3.8, 4) is 17.1 Å². The molecule has 1 N–H and O–H groups in total. The van der Waals surface area contributed by atoms with E-state index in [1.165, 1.54) is 0 Å². The lowest BCUT2D eigenvalue weighted by molar-refractivity contribution is -0.132. The first-order valence-corrected chi connectivity index (χ1v) is 9.33. The molecule has 1 saturated heterocycles. The third-order valence-electron chi connectivity index (χ3n) is 4.61. The van der Waals surface area contributed by atoms with Crippen LogP contribution in [0.15, 0.2) is 30.3 Å². The summed E-state index contributed by atoms with van der Waals surface area (Å²) in [6.07, 6.45) is 0.428. The number of nitrogens with zero attached hydrogens (tertiary/aromatic N) is 4. The van der Waals surface area contributed by atoms with E-state index < -0.39 is 0 Å². The molecule has 0 atom stereocenters. The molecule has 2 aromatic rings. The van der Waals surface area contributed by atoms with Crippen LogP contribution in [0.2, 0.25) is 0 Å². The van der Waals surface area contributed by atoms with Crippen LogP contribution in [-0.2, 0) is 9.53 Å². The van der Waals surface area contributed by atoms with Crippen LogP contribution in [0.25, 0.3) is 11.4 Å². The average Bonchev–Trinajstić information content (AvgIpc) is 2.68. The Labute approximate surface area is 159 Å². The first-order valence-electron chi connectivity index (χ1n) is 9.33. The van der Waals surface area contributed by atoms with Gasteiger partial charge < -0.3 is 19.6 Å². The molecule has 1 aliphatic heterocycles. The van der Waals surface area contributed by atoms with Crippen LogP contribution in [0.3, 0.4) is 0 Å². The second kappa shape index (κ2) is 8.81. The predicted molar refractivity (Wildman–Crippen MR) is 104 cm³/mol. The Kier molecular flexibility index (Phi) is 6.24. The maximum absolute atomic E-state index is 12.2. The van der Waals surface area contributed by atoms with Crippen molar-refractivity contribution in [3.63, 3.8) is 0 Å². The highest BCUT2D eigenvalue weighted by Gasteiger charge is 2.22. The maximum Gasteiger partial charge on any atom is 0.225 e. The summed E-state index contributed by atoms with van der Waals surface area (Å²) in [5.74, 6) is 1.64. The van der Waals surface area contributed by atoms with Gasteiger partial charge in [-0.3, -0.25) is 4.79 Å². The number of amides is 1. The fourth-order valence-corrected chi connectivity index (χ4v) is 3.14. The van der Waals surface area contributed by atoms with Gasteiger partial charge in [0.25, 0.3) is 0 Å². The highest BCUT2D eigenvalue weighted by atomic mass is 16.5. The Hall–Kier alpha value is -2.67. The van der Waals surface area contributed by atoms with E-state index in [2.05, 4.69) is 14.9 Å². The monoisotopic (exact) mass is 370 g/mol. The van der Waals surface area contributed by atoms with E-state index in [9.17, 15) is 9.90 Å². The van der Waals surface area contributed by atoms with Crippen molar-refractivity contribution in [3.05, 3.63) is 36.0 Å². The number of aryl methyl sites for hydroxylation is 1. The quantitative estimate of drug-likeness (QED) is 0.786. The third-order valence-corrected chi connectivity index (χ3v) is 4.61. The molecule has 0 spiro atoms. The van der Waals surface area contributed by atoms with Gasteiger partial charge in [-0.05, 0) is 26.0 Å². The van der Waals surface area contributed by atoms with Crippen molar-refractivity contribution >= 4 is 11.7 Å². The van der Waals surface area contributed by atoms with E-state index >= 15 is 0 Å². The Morgan fingerprint density at radius 1 is 1.19 bits per heavy atom. The van der Waals surface area contributed by atoms with Crippen LogP contribution in [0, 0.1) is 6.92 Å². The number of phenols is 1. The number of phenolic OH excluding ortho intramolecular Hbond substituents is 1. The second-order valence-electron chi connectivity index (χ2n) is 6.52. The van der Waals surface area contributed by atoms with Gasteiger partial charge in [0, 0.05) is 44.5 Å². The summed E-state index contributed by atoms with van der Waals surface area (Å²) in [5.41, 5.74) is 1.46. The molecule has 0 radical (unpaired) electrons. The highest BCUT2D eigenvalue weighted by Crippen LogP contribution is 2.27. The van der Waals surface area contributed by atoms with Crippen molar-refractivity contribution in [2.45, 2.75) is 20.3 Å². The summed E-state index contributed by atoms with van der Waals surface area (Å²) >= 11 is 0. The molecule has 0 saturated carbocycles. The summed E-state index contributed by atoms with van der Waals surface area (Å²) in [7, 11) is 0. The van der Waals surface area contributed by atoms with E-state index in [0.717, 1.165) is 24.6 Å². The van der Waals surface area contributed by atoms with E-state index in [1.54, 1.807) is 12.1 Å². The predicted octanol–water partition coefficient (Wildman–Crippen LogP) is 2.23. The lowest BCUT2D eigenvalue weighted by Gasteiger charge is -2.35. The van der Waals surface area contributed by atoms with Crippen molar-refractivity contribution in [1.82, 2.24) is 14.9 Å². The number of carbonyl (C=O) groups excluding carboxylic acids is 1. The van der Waals surface area contributed by atoms with Gasteiger partial charge in [0.2, 0.25) is 5.91 Å². The zero-order valence-electron chi connectivity index (χ0n) is 15.9. The standard InChI is InChI=1S/C20H26N4O3/c1-3-27-13-8-19(26)24-11-9-23(10-12-24)18-14-15(2)21-20(22-18)16-6-4-5-7-17(16)25/h4-7,14,25H,3,8-13H2,1-2H3. The molecule has 1 aromatic heterocycles. The SMILES string of the molecule is CCOCCC(=O)N1CCN(c2cc(C)nc(-c3ccccc3O)n2)CC1. The number of hydrogen-bond donors (Lipinski definition) is 1. The number of ether oxygens (including phenoxy) is 1. The first kappa shape index (κ1) is 19.1. The van der Waals surface area contributed by atoms with Crippen LogP contribution < -0.4 is 4.90 Å². The summed E-state index contributed by atoms with van der Waals surface area (Å²) in [4.78, 5) is 25.4. The van der Waals surface area contributed by atoms with Gasteiger partial charge in [-0.1, -0.05) is 12.1 Å². The zero-order chi connectivity index (χ0) is 19.2. The van der Waals surface area contributed by atoms with Crippen LogP contribution in [-0.4, -0.2) is 65.3 Å². The molecule has 3 rings (SSSR count). The molecule has 7 nitrogen and oxygen atoms in total. The molecular weight excluding hydrogens is 344 g/mol. The van der Waals surface area contributed by atoms with Gasteiger partial charge >= 0.3 is 0 Å². The van der Waals surface area contributed by atoms with E-state index in [1.807, 2.05) is 36.9 Å². The summed E-state index contributed by atoms with van der Waals surface area (Å²) in [6, 6.07) is 9.01. The van der Waals surface area contributed by atoms with E-state index in [4.69, 9.17) is 4.74 Å². The highest BCUT2D eigenvalue weighted by molar-refractivity contribution is 5.76. The molecule has 1 aliphatic rings. The smallest absolute Gasteiger partial charge is 0.225 e. The first-order chi connectivity index (χ1) is 13.1. The Morgan fingerprint density at radius 3 is 2.63 bits per heavy atom. The molecule has 0 unspecified atom stereocenters. The molecule has 1 aromatic carbocycles. The Morgan fingerprint density at radius 2 is 1.93 bits per heavy atom. The molecule has 2 heterocycles. The topological polar surface area (TPSA) is 78.8 Å². The molecule has 144 valence electrons.